The van der Waals surface area contributed by atoms with Crippen LogP contribution in [0, 0.1) is 0 Å². The molecule has 1 aromatic carbocycles. The summed E-state index contributed by atoms with van der Waals surface area (Å²) in [6.45, 7) is 8.28. The summed E-state index contributed by atoms with van der Waals surface area (Å²) in [6, 6.07) is 7.83. The van der Waals surface area contributed by atoms with Crippen LogP contribution in [0.2, 0.25) is 0 Å². The highest BCUT2D eigenvalue weighted by atomic mass is 16.6. The van der Waals surface area contributed by atoms with E-state index in [9.17, 15) is 4.79 Å². The molecule has 0 aliphatic heterocycles. The molecule has 1 unspecified atom stereocenters. The van der Waals surface area contributed by atoms with Crippen LogP contribution >= 0.6 is 0 Å². The molecule has 0 aromatic heterocycles. The van der Waals surface area contributed by atoms with Crippen molar-refractivity contribution in [3.05, 3.63) is 29.8 Å². The first-order valence-corrected chi connectivity index (χ1v) is 6.60. The lowest BCUT2D eigenvalue weighted by Gasteiger charge is -2.20. The average molecular weight is 264 g/mol. The van der Waals surface area contributed by atoms with Crippen molar-refractivity contribution in [1.29, 1.82) is 0 Å². The van der Waals surface area contributed by atoms with Gasteiger partial charge >= 0.3 is 6.09 Å². The van der Waals surface area contributed by atoms with Gasteiger partial charge in [0.2, 0.25) is 0 Å². The normalized spacial score (nSPS) is 12.8. The molecule has 0 saturated heterocycles. The van der Waals surface area contributed by atoms with E-state index in [0.29, 0.717) is 12.5 Å². The van der Waals surface area contributed by atoms with Gasteiger partial charge in [0.15, 0.2) is 0 Å². The summed E-state index contributed by atoms with van der Waals surface area (Å²) in [4.78, 5) is 11.5. The maximum absolute atomic E-state index is 11.5. The Morgan fingerprint density at radius 3 is 2.42 bits per heavy atom. The Morgan fingerprint density at radius 1 is 1.32 bits per heavy atom. The fourth-order valence-corrected chi connectivity index (χ4v) is 1.70. The van der Waals surface area contributed by atoms with E-state index in [2.05, 4.69) is 12.2 Å². The van der Waals surface area contributed by atoms with E-state index in [1.807, 2.05) is 45.0 Å². The van der Waals surface area contributed by atoms with Gasteiger partial charge in [0.25, 0.3) is 0 Å². The van der Waals surface area contributed by atoms with Gasteiger partial charge in [-0.3, -0.25) is 0 Å². The lowest BCUT2D eigenvalue weighted by atomic mass is 9.98. The molecule has 1 rings (SSSR count). The average Bonchev–Trinajstić information content (AvgIpc) is 2.27. The Bertz CT molecular complexity index is 407. The van der Waals surface area contributed by atoms with Crippen LogP contribution in [0.5, 0.6) is 0 Å². The second-order valence-electron chi connectivity index (χ2n) is 5.79. The fourth-order valence-electron chi connectivity index (χ4n) is 1.70. The largest absolute Gasteiger partial charge is 0.444 e. The number of carbonyl (C=O) groups excluding carboxylic acids is 1. The first-order chi connectivity index (χ1) is 8.78. The van der Waals surface area contributed by atoms with E-state index in [-0.39, 0.29) is 6.09 Å². The van der Waals surface area contributed by atoms with Gasteiger partial charge in [-0.15, -0.1) is 0 Å². The molecule has 0 saturated carbocycles. The number of nitrogens with two attached hydrogens (primary N) is 1. The third-order valence-corrected chi connectivity index (χ3v) is 2.75. The van der Waals surface area contributed by atoms with Crippen LogP contribution in [-0.4, -0.2) is 18.2 Å². The van der Waals surface area contributed by atoms with Crippen LogP contribution in [0.4, 0.5) is 10.5 Å². The summed E-state index contributed by atoms with van der Waals surface area (Å²) >= 11 is 0. The SMILES string of the molecule is CC(CCNC(=O)OC(C)(C)C)c1ccc(N)cc1. The summed E-state index contributed by atoms with van der Waals surface area (Å²) in [5.41, 5.74) is 7.19. The van der Waals surface area contributed by atoms with Crippen LogP contribution in [0.15, 0.2) is 24.3 Å². The monoisotopic (exact) mass is 264 g/mol. The molecular formula is C15H24N2O2. The highest BCUT2D eigenvalue weighted by Gasteiger charge is 2.15. The van der Waals surface area contributed by atoms with Crippen molar-refractivity contribution in [2.24, 2.45) is 0 Å². The molecule has 106 valence electrons. The van der Waals surface area contributed by atoms with Gasteiger partial charge in [0, 0.05) is 12.2 Å². The molecule has 0 aliphatic carbocycles. The molecule has 1 amide bonds. The number of anilines is 1. The molecule has 3 N–H and O–H groups in total. The second kappa shape index (κ2) is 6.45. The van der Waals surface area contributed by atoms with Crippen LogP contribution in [0.1, 0.15) is 45.6 Å². The third-order valence-electron chi connectivity index (χ3n) is 2.75. The minimum Gasteiger partial charge on any atom is -0.444 e. The van der Waals surface area contributed by atoms with E-state index >= 15 is 0 Å². The topological polar surface area (TPSA) is 64.3 Å². The molecule has 1 atom stereocenters. The number of hydrogen-bond acceptors (Lipinski definition) is 3. The van der Waals surface area contributed by atoms with Gasteiger partial charge in [-0.1, -0.05) is 19.1 Å². The zero-order chi connectivity index (χ0) is 14.5. The van der Waals surface area contributed by atoms with Crippen LogP contribution in [0.25, 0.3) is 0 Å². The number of benzene rings is 1. The molecule has 4 heteroatoms. The van der Waals surface area contributed by atoms with E-state index in [1.165, 1.54) is 5.56 Å². The molecule has 0 radical (unpaired) electrons. The molecule has 1 aromatic rings. The van der Waals surface area contributed by atoms with E-state index in [1.54, 1.807) is 0 Å². The minimum atomic E-state index is -0.452. The first kappa shape index (κ1) is 15.3. The number of hydrogen-bond donors (Lipinski definition) is 2. The van der Waals surface area contributed by atoms with Gasteiger partial charge in [0.1, 0.15) is 5.60 Å². The number of nitrogens with one attached hydrogen (secondary N) is 1. The van der Waals surface area contributed by atoms with E-state index in [4.69, 9.17) is 10.5 Å². The number of amides is 1. The number of nitrogen functional groups attached to an aromatic ring is 1. The molecule has 4 nitrogen and oxygen atoms in total. The smallest absolute Gasteiger partial charge is 0.407 e. The van der Waals surface area contributed by atoms with Gasteiger partial charge in [0.05, 0.1) is 0 Å². The maximum Gasteiger partial charge on any atom is 0.407 e. The lowest BCUT2D eigenvalue weighted by Crippen LogP contribution is -2.33. The standard InChI is InChI=1S/C15H24N2O2/c1-11(12-5-7-13(16)8-6-12)9-10-17-14(18)19-15(2,3)4/h5-8,11H,9-10,16H2,1-4H3,(H,17,18). The summed E-state index contributed by atoms with van der Waals surface area (Å²) in [5, 5.41) is 2.77. The summed E-state index contributed by atoms with van der Waals surface area (Å²) in [7, 11) is 0. The van der Waals surface area contributed by atoms with Crippen LogP contribution in [0.3, 0.4) is 0 Å². The van der Waals surface area contributed by atoms with Crippen molar-refractivity contribution in [2.45, 2.75) is 45.6 Å². The molecule has 0 heterocycles. The Morgan fingerprint density at radius 2 is 1.89 bits per heavy atom. The van der Waals surface area contributed by atoms with Crippen molar-refractivity contribution in [3.8, 4) is 0 Å². The van der Waals surface area contributed by atoms with E-state index in [0.717, 1.165) is 12.1 Å². The van der Waals surface area contributed by atoms with Crippen molar-refractivity contribution in [2.75, 3.05) is 12.3 Å². The second-order valence-corrected chi connectivity index (χ2v) is 5.79. The molecule has 0 spiro atoms. The highest BCUT2D eigenvalue weighted by Crippen LogP contribution is 2.19. The van der Waals surface area contributed by atoms with E-state index < -0.39 is 5.60 Å². The quantitative estimate of drug-likeness (QED) is 0.820. The minimum absolute atomic E-state index is 0.364. The van der Waals surface area contributed by atoms with Crippen molar-refractivity contribution in [1.82, 2.24) is 5.32 Å². The van der Waals surface area contributed by atoms with Crippen molar-refractivity contribution in [3.63, 3.8) is 0 Å². The summed E-state index contributed by atoms with van der Waals surface area (Å²) < 4.78 is 5.17. The van der Waals surface area contributed by atoms with Gasteiger partial charge < -0.3 is 15.8 Å². The molecule has 0 fully saturated rings. The molecule has 19 heavy (non-hydrogen) atoms. The zero-order valence-corrected chi connectivity index (χ0v) is 12.2. The van der Waals surface area contributed by atoms with Gasteiger partial charge in [-0.25, -0.2) is 4.79 Å². The van der Waals surface area contributed by atoms with Crippen molar-refractivity contribution >= 4 is 11.8 Å². The number of alkyl carbamates (subject to hydrolysis) is 1. The Balaban J connectivity index is 2.33. The Labute approximate surface area is 115 Å². The summed E-state index contributed by atoms with van der Waals surface area (Å²) in [5.74, 6) is 0.371. The number of carbonyl (C=O) groups is 1. The van der Waals surface area contributed by atoms with Crippen molar-refractivity contribution < 1.29 is 9.53 Å². The molecular weight excluding hydrogens is 240 g/mol. The lowest BCUT2D eigenvalue weighted by molar-refractivity contribution is 0.0526. The Kier molecular flexibility index (Phi) is 5.21. The van der Waals surface area contributed by atoms with Gasteiger partial charge in [-0.2, -0.15) is 0 Å². The molecule has 0 bridgehead atoms. The first-order valence-electron chi connectivity index (χ1n) is 6.60. The third kappa shape index (κ3) is 6.13. The predicted molar refractivity (Wildman–Crippen MR) is 78.1 cm³/mol. The highest BCUT2D eigenvalue weighted by molar-refractivity contribution is 5.67. The maximum atomic E-state index is 11.5. The fraction of sp³-hybridized carbons (Fsp3) is 0.533. The zero-order valence-electron chi connectivity index (χ0n) is 12.2. The Hall–Kier alpha value is -1.71. The number of ether oxygens (including phenoxy) is 1. The van der Waals surface area contributed by atoms with Gasteiger partial charge in [-0.05, 0) is 50.8 Å². The van der Waals surface area contributed by atoms with Crippen LogP contribution < -0.4 is 11.1 Å². The predicted octanol–water partition coefficient (Wildman–Crippen LogP) is 3.29. The summed E-state index contributed by atoms with van der Waals surface area (Å²) in [6.07, 6.45) is 0.500. The molecule has 0 aliphatic rings. The van der Waals surface area contributed by atoms with Crippen LogP contribution in [-0.2, 0) is 4.74 Å². The number of rotatable bonds is 4.